The van der Waals surface area contributed by atoms with Crippen LogP contribution in [0.4, 0.5) is 0 Å². The van der Waals surface area contributed by atoms with E-state index >= 15 is 0 Å². The second-order valence-electron chi connectivity index (χ2n) is 4.96. The number of hydrazine groups is 1. The van der Waals surface area contributed by atoms with Crippen molar-refractivity contribution in [3.63, 3.8) is 0 Å². The molecule has 1 heterocycles. The second-order valence-corrected chi connectivity index (χ2v) is 4.96. The van der Waals surface area contributed by atoms with Gasteiger partial charge >= 0.3 is 5.97 Å². The summed E-state index contributed by atoms with van der Waals surface area (Å²) in [6.07, 6.45) is 0. The Labute approximate surface area is 134 Å². The summed E-state index contributed by atoms with van der Waals surface area (Å²) in [5.41, 5.74) is 4.29. The van der Waals surface area contributed by atoms with Crippen LogP contribution in [0.5, 0.6) is 5.75 Å². The lowest BCUT2D eigenvalue weighted by Gasteiger charge is -2.06. The molecule has 0 aliphatic heterocycles. The monoisotopic (exact) mass is 319 g/mol. The van der Waals surface area contributed by atoms with Gasteiger partial charge in [-0.3, -0.25) is 10.2 Å². The molecule has 7 heteroatoms. The number of nitrogens with one attached hydrogen (secondary N) is 1. The molecule has 0 aliphatic carbocycles. The van der Waals surface area contributed by atoms with E-state index in [0.717, 1.165) is 23.1 Å². The van der Waals surface area contributed by atoms with E-state index in [1.807, 2.05) is 29.9 Å². The first-order valence-electron chi connectivity index (χ1n) is 7.45. The van der Waals surface area contributed by atoms with E-state index in [2.05, 4.69) is 0 Å². The van der Waals surface area contributed by atoms with Crippen molar-refractivity contribution >= 4 is 22.8 Å². The number of fused-ring (bicyclic) bond motifs is 1. The van der Waals surface area contributed by atoms with Crippen LogP contribution in [0.25, 0.3) is 10.9 Å². The molecule has 0 radical (unpaired) electrons. The predicted molar refractivity (Wildman–Crippen MR) is 86.1 cm³/mol. The van der Waals surface area contributed by atoms with E-state index in [4.69, 9.17) is 15.3 Å². The first kappa shape index (κ1) is 16.8. The van der Waals surface area contributed by atoms with Crippen LogP contribution in [0.3, 0.4) is 0 Å². The van der Waals surface area contributed by atoms with Gasteiger partial charge in [-0.15, -0.1) is 0 Å². The van der Waals surface area contributed by atoms with Gasteiger partial charge in [0.2, 0.25) is 0 Å². The highest BCUT2D eigenvalue weighted by Crippen LogP contribution is 2.30. The van der Waals surface area contributed by atoms with Crippen LogP contribution in [0.1, 0.15) is 29.9 Å². The highest BCUT2D eigenvalue weighted by atomic mass is 16.5. The normalized spacial score (nSPS) is 10.6. The van der Waals surface area contributed by atoms with Gasteiger partial charge in [-0.05, 0) is 39.0 Å². The van der Waals surface area contributed by atoms with Gasteiger partial charge in [0, 0.05) is 23.1 Å². The third-order valence-corrected chi connectivity index (χ3v) is 3.62. The Morgan fingerprint density at radius 1 is 1.30 bits per heavy atom. The van der Waals surface area contributed by atoms with Crippen molar-refractivity contribution in [1.29, 1.82) is 0 Å². The van der Waals surface area contributed by atoms with Crippen molar-refractivity contribution in [3.8, 4) is 5.75 Å². The number of rotatable bonds is 6. The van der Waals surface area contributed by atoms with Crippen molar-refractivity contribution in [3.05, 3.63) is 29.5 Å². The summed E-state index contributed by atoms with van der Waals surface area (Å²) < 4.78 is 12.6. The molecular formula is C16H21N3O4. The molecule has 124 valence electrons. The van der Waals surface area contributed by atoms with Crippen molar-refractivity contribution in [1.82, 2.24) is 9.99 Å². The number of nitrogens with two attached hydrogens (primary N) is 1. The highest BCUT2D eigenvalue weighted by molar-refractivity contribution is 6.06. The van der Waals surface area contributed by atoms with E-state index in [0.29, 0.717) is 17.9 Å². The van der Waals surface area contributed by atoms with Crippen molar-refractivity contribution < 1.29 is 19.1 Å². The van der Waals surface area contributed by atoms with Crippen molar-refractivity contribution in [2.24, 2.45) is 5.84 Å². The lowest BCUT2D eigenvalue weighted by atomic mass is 10.1. The van der Waals surface area contributed by atoms with Gasteiger partial charge in [0.1, 0.15) is 5.75 Å². The van der Waals surface area contributed by atoms with E-state index in [1.165, 1.54) is 0 Å². The summed E-state index contributed by atoms with van der Waals surface area (Å²) in [5, 5.41) is 0.744. The van der Waals surface area contributed by atoms with Crippen LogP contribution in [0.2, 0.25) is 0 Å². The molecule has 1 aromatic carbocycles. The Balaban J connectivity index is 2.48. The summed E-state index contributed by atoms with van der Waals surface area (Å²) in [6.45, 7) is 6.52. The number of hydrogen-bond donors (Lipinski definition) is 2. The number of nitrogens with zero attached hydrogens (tertiary/aromatic N) is 1. The SMILES string of the molecule is CCOC(=O)c1c(C)n(CC)c2ccc(OCC(=O)NN)cc12. The first-order chi connectivity index (χ1) is 11.0. The van der Waals surface area contributed by atoms with E-state index in [9.17, 15) is 9.59 Å². The van der Waals surface area contributed by atoms with Gasteiger partial charge in [0.25, 0.3) is 5.91 Å². The topological polar surface area (TPSA) is 95.6 Å². The number of ether oxygens (including phenoxy) is 2. The molecule has 2 rings (SSSR count). The third-order valence-electron chi connectivity index (χ3n) is 3.62. The molecule has 0 unspecified atom stereocenters. The molecule has 7 nitrogen and oxygen atoms in total. The molecule has 1 aromatic heterocycles. The molecule has 0 atom stereocenters. The largest absolute Gasteiger partial charge is 0.484 e. The molecule has 1 amide bonds. The van der Waals surface area contributed by atoms with Gasteiger partial charge in [-0.25, -0.2) is 10.6 Å². The number of aromatic nitrogens is 1. The number of carbonyl (C=O) groups is 2. The lowest BCUT2D eigenvalue weighted by molar-refractivity contribution is -0.123. The Morgan fingerprint density at radius 3 is 2.65 bits per heavy atom. The number of esters is 1. The fraction of sp³-hybridized carbons (Fsp3) is 0.375. The highest BCUT2D eigenvalue weighted by Gasteiger charge is 2.21. The molecule has 3 N–H and O–H groups in total. The van der Waals surface area contributed by atoms with Gasteiger partial charge < -0.3 is 14.0 Å². The summed E-state index contributed by atoms with van der Waals surface area (Å²) in [5.74, 6) is 4.71. The van der Waals surface area contributed by atoms with Crippen molar-refractivity contribution in [2.75, 3.05) is 13.2 Å². The summed E-state index contributed by atoms with van der Waals surface area (Å²) in [6, 6.07) is 5.36. The smallest absolute Gasteiger partial charge is 0.340 e. The maximum Gasteiger partial charge on any atom is 0.340 e. The average Bonchev–Trinajstić information content (AvgIpc) is 2.83. The Kier molecular flexibility index (Phi) is 5.23. The molecular weight excluding hydrogens is 298 g/mol. The number of hydrogen-bond acceptors (Lipinski definition) is 5. The fourth-order valence-corrected chi connectivity index (χ4v) is 2.61. The van der Waals surface area contributed by atoms with Crippen molar-refractivity contribution in [2.45, 2.75) is 27.3 Å². The quantitative estimate of drug-likeness (QED) is 0.364. The van der Waals surface area contributed by atoms with Crippen LogP contribution in [-0.2, 0) is 16.1 Å². The molecule has 0 fully saturated rings. The van der Waals surface area contributed by atoms with E-state index in [1.54, 1.807) is 19.1 Å². The Morgan fingerprint density at radius 2 is 2.04 bits per heavy atom. The zero-order valence-electron chi connectivity index (χ0n) is 13.5. The van der Waals surface area contributed by atoms with Crippen LogP contribution >= 0.6 is 0 Å². The zero-order valence-corrected chi connectivity index (χ0v) is 13.5. The molecule has 0 aliphatic rings. The number of amides is 1. The summed E-state index contributed by atoms with van der Waals surface area (Å²) >= 11 is 0. The minimum Gasteiger partial charge on any atom is -0.484 e. The third kappa shape index (κ3) is 3.29. The summed E-state index contributed by atoms with van der Waals surface area (Å²) in [7, 11) is 0. The molecule has 0 bridgehead atoms. The molecule has 23 heavy (non-hydrogen) atoms. The molecule has 0 saturated heterocycles. The summed E-state index contributed by atoms with van der Waals surface area (Å²) in [4.78, 5) is 23.4. The average molecular weight is 319 g/mol. The maximum absolute atomic E-state index is 12.3. The van der Waals surface area contributed by atoms with E-state index in [-0.39, 0.29) is 12.6 Å². The Hall–Kier alpha value is -2.54. The van der Waals surface area contributed by atoms with Gasteiger partial charge in [-0.2, -0.15) is 0 Å². The molecule has 2 aromatic rings. The fourth-order valence-electron chi connectivity index (χ4n) is 2.61. The van der Waals surface area contributed by atoms with Crippen LogP contribution in [-0.4, -0.2) is 29.7 Å². The van der Waals surface area contributed by atoms with Crippen LogP contribution < -0.4 is 16.0 Å². The predicted octanol–water partition coefficient (Wildman–Crippen LogP) is 1.52. The maximum atomic E-state index is 12.3. The van der Waals surface area contributed by atoms with Gasteiger partial charge in [0.05, 0.1) is 12.2 Å². The van der Waals surface area contributed by atoms with Gasteiger partial charge in [-0.1, -0.05) is 0 Å². The second kappa shape index (κ2) is 7.15. The number of carbonyl (C=O) groups excluding carboxylic acids is 2. The molecule has 0 spiro atoms. The van der Waals surface area contributed by atoms with Gasteiger partial charge in [0.15, 0.2) is 6.61 Å². The van der Waals surface area contributed by atoms with Crippen LogP contribution in [0, 0.1) is 6.92 Å². The lowest BCUT2D eigenvalue weighted by Crippen LogP contribution is -2.34. The van der Waals surface area contributed by atoms with Crippen LogP contribution in [0.15, 0.2) is 18.2 Å². The molecule has 0 saturated carbocycles. The first-order valence-corrected chi connectivity index (χ1v) is 7.45. The minimum atomic E-state index is -0.432. The standard InChI is InChI=1S/C16H21N3O4/c1-4-19-10(3)15(16(21)22-5-2)12-8-11(6-7-13(12)19)23-9-14(20)18-17/h6-8H,4-5,9,17H2,1-3H3,(H,18,20). The number of benzene rings is 1. The van der Waals surface area contributed by atoms with E-state index < -0.39 is 5.91 Å². The Bertz CT molecular complexity index is 736. The number of aryl methyl sites for hydroxylation is 1. The minimum absolute atomic E-state index is 0.190. The zero-order chi connectivity index (χ0) is 17.0.